The summed E-state index contributed by atoms with van der Waals surface area (Å²) in [6.07, 6.45) is 3.32. The van der Waals surface area contributed by atoms with E-state index in [0.29, 0.717) is 18.2 Å². The van der Waals surface area contributed by atoms with E-state index < -0.39 is 0 Å². The van der Waals surface area contributed by atoms with Crippen LogP contribution in [0.5, 0.6) is 0 Å². The first kappa shape index (κ1) is 18.6. The molecule has 1 N–H and O–H groups in total. The Morgan fingerprint density at radius 2 is 1.96 bits per heavy atom. The molecule has 4 nitrogen and oxygen atoms in total. The van der Waals surface area contributed by atoms with Gasteiger partial charge in [-0.1, -0.05) is 54.1 Å². The summed E-state index contributed by atoms with van der Waals surface area (Å²) < 4.78 is 5.78. The lowest BCUT2D eigenvalue weighted by molar-refractivity contribution is -0.117. The van der Waals surface area contributed by atoms with Crippen molar-refractivity contribution in [3.05, 3.63) is 76.8 Å². The van der Waals surface area contributed by atoms with Gasteiger partial charge < -0.3 is 10.1 Å². The van der Waals surface area contributed by atoms with Gasteiger partial charge in [0.15, 0.2) is 0 Å². The van der Waals surface area contributed by atoms with Crippen LogP contribution in [-0.4, -0.2) is 43.2 Å². The van der Waals surface area contributed by atoms with E-state index in [9.17, 15) is 4.79 Å². The van der Waals surface area contributed by atoms with Crippen molar-refractivity contribution in [2.45, 2.75) is 12.6 Å². The second-order valence-corrected chi connectivity index (χ2v) is 6.78. The Kier molecular flexibility index (Phi) is 6.83. The van der Waals surface area contributed by atoms with E-state index >= 15 is 0 Å². The van der Waals surface area contributed by atoms with Gasteiger partial charge in [-0.3, -0.25) is 9.69 Å². The van der Waals surface area contributed by atoms with Crippen molar-refractivity contribution in [2.75, 3.05) is 26.2 Å². The zero-order chi connectivity index (χ0) is 18.2. The fraction of sp³-hybridized carbons (Fsp3) is 0.286. The van der Waals surface area contributed by atoms with E-state index in [4.69, 9.17) is 16.3 Å². The van der Waals surface area contributed by atoms with Crippen LogP contribution < -0.4 is 5.32 Å². The second-order valence-electron chi connectivity index (χ2n) is 6.34. The highest BCUT2D eigenvalue weighted by atomic mass is 35.5. The number of benzene rings is 2. The lowest BCUT2D eigenvalue weighted by Crippen LogP contribution is -2.46. The molecule has 5 heteroatoms. The number of carbonyl (C=O) groups is 1. The predicted molar refractivity (Wildman–Crippen MR) is 105 cm³/mol. The van der Waals surface area contributed by atoms with Crippen molar-refractivity contribution in [2.24, 2.45) is 0 Å². The minimum Gasteiger partial charge on any atom is -0.374 e. The number of ether oxygens (including phenoxy) is 1. The number of morpholine rings is 1. The highest BCUT2D eigenvalue weighted by Crippen LogP contribution is 2.11. The van der Waals surface area contributed by atoms with Gasteiger partial charge in [-0.25, -0.2) is 0 Å². The highest BCUT2D eigenvalue weighted by Gasteiger charge is 2.20. The number of carbonyl (C=O) groups excluding carboxylic acids is 1. The molecule has 136 valence electrons. The second kappa shape index (κ2) is 9.53. The van der Waals surface area contributed by atoms with Crippen LogP contribution in [0.15, 0.2) is 60.7 Å². The van der Waals surface area contributed by atoms with Gasteiger partial charge in [0, 0.05) is 37.3 Å². The van der Waals surface area contributed by atoms with Crippen LogP contribution in [0.3, 0.4) is 0 Å². The van der Waals surface area contributed by atoms with Crippen LogP contribution in [0.1, 0.15) is 11.1 Å². The first-order valence-electron chi connectivity index (χ1n) is 8.78. The fourth-order valence-electron chi connectivity index (χ4n) is 2.91. The summed E-state index contributed by atoms with van der Waals surface area (Å²) in [6.45, 7) is 3.83. The Balaban J connectivity index is 1.43. The molecule has 1 aliphatic heterocycles. The summed E-state index contributed by atoms with van der Waals surface area (Å²) in [5, 5.41) is 3.60. The smallest absolute Gasteiger partial charge is 0.244 e. The molecule has 1 unspecified atom stereocenters. The van der Waals surface area contributed by atoms with Crippen molar-refractivity contribution in [3.8, 4) is 0 Å². The van der Waals surface area contributed by atoms with Crippen molar-refractivity contribution in [1.29, 1.82) is 0 Å². The number of hydrogen-bond acceptors (Lipinski definition) is 3. The van der Waals surface area contributed by atoms with Gasteiger partial charge in [-0.15, -0.1) is 0 Å². The molecule has 26 heavy (non-hydrogen) atoms. The monoisotopic (exact) mass is 370 g/mol. The van der Waals surface area contributed by atoms with Crippen LogP contribution in [-0.2, 0) is 16.1 Å². The average Bonchev–Trinajstić information content (AvgIpc) is 2.67. The van der Waals surface area contributed by atoms with E-state index in [1.807, 2.05) is 18.2 Å². The number of rotatable bonds is 6. The summed E-state index contributed by atoms with van der Waals surface area (Å²) in [5.41, 5.74) is 2.23. The van der Waals surface area contributed by atoms with E-state index in [1.165, 1.54) is 11.6 Å². The molecular formula is C21H23ClN2O2. The number of nitrogens with zero attached hydrogens (tertiary/aromatic N) is 1. The molecule has 0 radical (unpaired) electrons. The summed E-state index contributed by atoms with van der Waals surface area (Å²) in [7, 11) is 0. The van der Waals surface area contributed by atoms with Gasteiger partial charge in [-0.05, 0) is 29.3 Å². The first-order valence-corrected chi connectivity index (χ1v) is 9.16. The average molecular weight is 371 g/mol. The van der Waals surface area contributed by atoms with Crippen molar-refractivity contribution in [3.63, 3.8) is 0 Å². The van der Waals surface area contributed by atoms with Crippen LogP contribution in [0.2, 0.25) is 5.02 Å². The maximum atomic E-state index is 12.0. The molecule has 0 aromatic heterocycles. The number of nitrogens with one attached hydrogen (secondary N) is 1. The molecule has 1 heterocycles. The summed E-state index contributed by atoms with van der Waals surface area (Å²) in [5.74, 6) is -0.122. The Morgan fingerprint density at radius 1 is 1.19 bits per heavy atom. The van der Waals surface area contributed by atoms with E-state index in [0.717, 1.165) is 25.2 Å². The van der Waals surface area contributed by atoms with Gasteiger partial charge in [0.25, 0.3) is 0 Å². The Bertz CT molecular complexity index is 731. The van der Waals surface area contributed by atoms with E-state index in [1.54, 1.807) is 18.2 Å². The Hall–Kier alpha value is -2.14. The number of amides is 1. The van der Waals surface area contributed by atoms with Gasteiger partial charge >= 0.3 is 0 Å². The Labute approximate surface area is 159 Å². The predicted octanol–water partition coefficient (Wildman–Crippen LogP) is 3.37. The number of hydrogen-bond donors (Lipinski definition) is 1. The molecule has 0 aliphatic carbocycles. The number of halogens is 1. The summed E-state index contributed by atoms with van der Waals surface area (Å²) in [6, 6.07) is 17.8. The lowest BCUT2D eigenvalue weighted by atomic mass is 10.2. The third-order valence-electron chi connectivity index (χ3n) is 4.27. The zero-order valence-electron chi connectivity index (χ0n) is 14.6. The van der Waals surface area contributed by atoms with Crippen LogP contribution in [0.25, 0.3) is 6.08 Å². The van der Waals surface area contributed by atoms with E-state index in [-0.39, 0.29) is 12.0 Å². The van der Waals surface area contributed by atoms with Crippen molar-refractivity contribution < 1.29 is 9.53 Å². The molecule has 0 spiro atoms. The lowest BCUT2D eigenvalue weighted by Gasteiger charge is -2.33. The van der Waals surface area contributed by atoms with Gasteiger partial charge in [-0.2, -0.15) is 0 Å². The molecular weight excluding hydrogens is 348 g/mol. The van der Waals surface area contributed by atoms with E-state index in [2.05, 4.69) is 34.5 Å². The first-order chi connectivity index (χ1) is 12.7. The van der Waals surface area contributed by atoms with Crippen molar-refractivity contribution in [1.82, 2.24) is 10.2 Å². The molecule has 1 atom stereocenters. The highest BCUT2D eigenvalue weighted by molar-refractivity contribution is 6.30. The fourth-order valence-corrected chi connectivity index (χ4v) is 3.03. The minimum absolute atomic E-state index is 0.0142. The quantitative estimate of drug-likeness (QED) is 0.793. The van der Waals surface area contributed by atoms with Crippen LogP contribution in [0.4, 0.5) is 0 Å². The maximum Gasteiger partial charge on any atom is 0.244 e. The molecule has 1 amide bonds. The standard InChI is InChI=1S/C21H23ClN2O2/c22-19-9-6-17(7-10-19)8-11-21(25)23-14-20-16-24(12-13-26-20)15-18-4-2-1-3-5-18/h1-11,20H,12-16H2,(H,23,25)/b11-8+. The third kappa shape index (κ3) is 5.99. The molecule has 1 saturated heterocycles. The van der Waals surface area contributed by atoms with Gasteiger partial charge in [0.1, 0.15) is 0 Å². The largest absolute Gasteiger partial charge is 0.374 e. The van der Waals surface area contributed by atoms with Crippen molar-refractivity contribution >= 4 is 23.6 Å². The minimum atomic E-state index is -0.122. The zero-order valence-corrected chi connectivity index (χ0v) is 15.4. The molecule has 1 aliphatic rings. The molecule has 2 aromatic carbocycles. The third-order valence-corrected chi connectivity index (χ3v) is 4.53. The van der Waals surface area contributed by atoms with Crippen LogP contribution >= 0.6 is 11.6 Å². The molecule has 2 aromatic rings. The maximum absolute atomic E-state index is 12.0. The SMILES string of the molecule is O=C(/C=C/c1ccc(Cl)cc1)NCC1CN(Cc2ccccc2)CCO1. The van der Waals surface area contributed by atoms with Gasteiger partial charge in [0.2, 0.25) is 5.91 Å². The Morgan fingerprint density at radius 3 is 2.73 bits per heavy atom. The molecule has 3 rings (SSSR count). The normalized spacial score (nSPS) is 18.1. The molecule has 0 bridgehead atoms. The molecule has 1 fully saturated rings. The van der Waals surface area contributed by atoms with Gasteiger partial charge in [0.05, 0.1) is 12.7 Å². The topological polar surface area (TPSA) is 41.6 Å². The molecule has 0 saturated carbocycles. The van der Waals surface area contributed by atoms with Crippen LogP contribution in [0, 0.1) is 0 Å². The summed E-state index contributed by atoms with van der Waals surface area (Å²) in [4.78, 5) is 14.4. The summed E-state index contributed by atoms with van der Waals surface area (Å²) >= 11 is 5.85.